The van der Waals surface area contributed by atoms with Crippen molar-refractivity contribution in [3.8, 4) is 0 Å². The van der Waals surface area contributed by atoms with E-state index in [2.05, 4.69) is 103 Å². The molecule has 0 saturated heterocycles. The molecule has 1 unspecified atom stereocenters. The molecule has 3 aromatic carbocycles. The van der Waals surface area contributed by atoms with Crippen molar-refractivity contribution in [2.75, 3.05) is 19.6 Å². The Balaban J connectivity index is 2.02. The van der Waals surface area contributed by atoms with Crippen molar-refractivity contribution < 1.29 is 5.11 Å². The van der Waals surface area contributed by atoms with Crippen LogP contribution in [0.25, 0.3) is 0 Å². The molecule has 0 aliphatic carbocycles. The minimum Gasteiger partial charge on any atom is -0.379 e. The van der Waals surface area contributed by atoms with E-state index in [1.807, 2.05) is 0 Å². The van der Waals surface area contributed by atoms with Gasteiger partial charge in [-0.1, -0.05) is 104 Å². The summed E-state index contributed by atoms with van der Waals surface area (Å²) in [4.78, 5) is -0.843. The van der Waals surface area contributed by atoms with Crippen LogP contribution in [0.5, 0.6) is 0 Å². The lowest BCUT2D eigenvalue weighted by atomic mass is 9.84. The molecular weight excluding hydrogens is 424 g/mol. The molecule has 0 saturated carbocycles. The standard InChI is InChI=1S/C29H38N2OS/c1-2-20-28(32,21-12-13-23-31-24-22-30)33-29(25-14-6-3-7-15-25,26-16-8-4-9-17-26)27-18-10-5-11-19-27/h3-11,14-19,31-32H,2,12-13,20-24,30H2,1H3. The Kier molecular flexibility index (Phi) is 10.0. The van der Waals surface area contributed by atoms with Crippen LogP contribution < -0.4 is 11.1 Å². The summed E-state index contributed by atoms with van der Waals surface area (Å²) in [5.41, 5.74) is 9.14. The molecule has 0 amide bonds. The molecule has 4 N–H and O–H groups in total. The van der Waals surface area contributed by atoms with Gasteiger partial charge in [0, 0.05) is 13.1 Å². The van der Waals surface area contributed by atoms with Crippen LogP contribution in [0.15, 0.2) is 91.0 Å². The summed E-state index contributed by atoms with van der Waals surface area (Å²) in [6.45, 7) is 4.59. The molecule has 0 heterocycles. The normalized spacial score (nSPS) is 13.5. The second kappa shape index (κ2) is 13.0. The summed E-state index contributed by atoms with van der Waals surface area (Å²) < 4.78 is -0.508. The molecule has 3 rings (SSSR count). The molecule has 0 radical (unpaired) electrons. The molecule has 0 aliphatic rings. The number of benzene rings is 3. The van der Waals surface area contributed by atoms with Gasteiger partial charge in [-0.3, -0.25) is 0 Å². The van der Waals surface area contributed by atoms with Crippen molar-refractivity contribution in [2.45, 2.75) is 48.7 Å². The molecule has 0 bridgehead atoms. The monoisotopic (exact) mass is 462 g/mol. The van der Waals surface area contributed by atoms with Gasteiger partial charge in [0.25, 0.3) is 0 Å². The van der Waals surface area contributed by atoms with E-state index < -0.39 is 9.68 Å². The van der Waals surface area contributed by atoms with Gasteiger partial charge >= 0.3 is 0 Å². The Bertz CT molecular complexity index is 823. The molecule has 3 nitrogen and oxygen atoms in total. The minimum absolute atomic E-state index is 0.508. The highest BCUT2D eigenvalue weighted by Gasteiger charge is 2.44. The summed E-state index contributed by atoms with van der Waals surface area (Å²) in [6.07, 6.45) is 4.44. The Labute approximate surface area is 203 Å². The minimum atomic E-state index is -0.843. The fourth-order valence-corrected chi connectivity index (χ4v) is 6.36. The van der Waals surface area contributed by atoms with E-state index in [0.29, 0.717) is 6.54 Å². The first-order valence-electron chi connectivity index (χ1n) is 12.1. The van der Waals surface area contributed by atoms with Crippen molar-refractivity contribution >= 4 is 11.8 Å². The summed E-state index contributed by atoms with van der Waals surface area (Å²) in [7, 11) is 0. The van der Waals surface area contributed by atoms with Crippen molar-refractivity contribution in [3.63, 3.8) is 0 Å². The van der Waals surface area contributed by atoms with Crippen molar-refractivity contribution in [3.05, 3.63) is 108 Å². The van der Waals surface area contributed by atoms with Crippen molar-refractivity contribution in [1.82, 2.24) is 5.32 Å². The quantitative estimate of drug-likeness (QED) is 0.158. The third-order valence-corrected chi connectivity index (χ3v) is 7.82. The number of unbranched alkanes of at least 4 members (excludes halogenated alkanes) is 1. The van der Waals surface area contributed by atoms with Crippen molar-refractivity contribution in [2.24, 2.45) is 5.73 Å². The summed E-state index contributed by atoms with van der Waals surface area (Å²) in [5.74, 6) is 0. The average Bonchev–Trinajstić information content (AvgIpc) is 2.86. The molecule has 1 atom stereocenters. The molecule has 33 heavy (non-hydrogen) atoms. The fourth-order valence-electron chi connectivity index (χ4n) is 4.48. The van der Waals surface area contributed by atoms with Gasteiger partial charge in [-0.25, -0.2) is 0 Å². The summed E-state index contributed by atoms with van der Waals surface area (Å²) in [6, 6.07) is 31.9. The zero-order valence-corrected chi connectivity index (χ0v) is 20.6. The van der Waals surface area contributed by atoms with E-state index in [9.17, 15) is 5.11 Å². The molecule has 0 aromatic heterocycles. The molecule has 176 valence electrons. The summed E-state index contributed by atoms with van der Waals surface area (Å²) >= 11 is 1.71. The highest BCUT2D eigenvalue weighted by Crippen LogP contribution is 2.54. The number of nitrogens with one attached hydrogen (secondary N) is 1. The van der Waals surface area contributed by atoms with Gasteiger partial charge in [-0.05, 0) is 48.9 Å². The third-order valence-electron chi connectivity index (χ3n) is 6.02. The van der Waals surface area contributed by atoms with Gasteiger partial charge in [-0.2, -0.15) is 0 Å². The molecule has 3 aromatic rings. The van der Waals surface area contributed by atoms with Gasteiger partial charge in [0.15, 0.2) is 0 Å². The van der Waals surface area contributed by atoms with E-state index in [1.54, 1.807) is 11.8 Å². The SMILES string of the molecule is CCCC(O)(CCCCNCCN)SC(c1ccccc1)(c1ccccc1)c1ccccc1. The topological polar surface area (TPSA) is 58.3 Å². The summed E-state index contributed by atoms with van der Waals surface area (Å²) in [5, 5.41) is 15.4. The Morgan fingerprint density at radius 1 is 0.727 bits per heavy atom. The van der Waals surface area contributed by atoms with E-state index in [-0.39, 0.29) is 0 Å². The highest BCUT2D eigenvalue weighted by molar-refractivity contribution is 8.01. The molecular formula is C29H38N2OS. The van der Waals surface area contributed by atoms with Gasteiger partial charge < -0.3 is 16.2 Å². The highest BCUT2D eigenvalue weighted by atomic mass is 32.2. The zero-order valence-electron chi connectivity index (χ0n) is 19.7. The van der Waals surface area contributed by atoms with Crippen LogP contribution in [0.2, 0.25) is 0 Å². The predicted molar refractivity (Wildman–Crippen MR) is 142 cm³/mol. The van der Waals surface area contributed by atoms with Gasteiger partial charge in [0.05, 0.1) is 4.75 Å². The first kappa shape index (κ1) is 25.5. The Hall–Kier alpha value is -2.11. The van der Waals surface area contributed by atoms with Crippen LogP contribution in [0.3, 0.4) is 0 Å². The van der Waals surface area contributed by atoms with Gasteiger partial charge in [0.1, 0.15) is 4.93 Å². The second-order valence-electron chi connectivity index (χ2n) is 8.57. The number of thioether (sulfide) groups is 1. The van der Waals surface area contributed by atoms with E-state index in [4.69, 9.17) is 5.73 Å². The van der Waals surface area contributed by atoms with Crippen LogP contribution in [0.1, 0.15) is 55.7 Å². The Morgan fingerprint density at radius 2 is 1.21 bits per heavy atom. The first-order valence-corrected chi connectivity index (χ1v) is 13.0. The van der Waals surface area contributed by atoms with Crippen LogP contribution in [-0.2, 0) is 4.75 Å². The fraction of sp³-hybridized carbons (Fsp3) is 0.379. The maximum Gasteiger partial charge on any atom is 0.111 e. The molecule has 0 aliphatic heterocycles. The van der Waals surface area contributed by atoms with Crippen LogP contribution in [0.4, 0.5) is 0 Å². The predicted octanol–water partition coefficient (Wildman–Crippen LogP) is 5.92. The lowest BCUT2D eigenvalue weighted by Gasteiger charge is -2.42. The molecule has 0 spiro atoms. The Morgan fingerprint density at radius 3 is 1.64 bits per heavy atom. The smallest absolute Gasteiger partial charge is 0.111 e. The second-order valence-corrected chi connectivity index (χ2v) is 10.1. The average molecular weight is 463 g/mol. The van der Waals surface area contributed by atoms with E-state index >= 15 is 0 Å². The third kappa shape index (κ3) is 6.70. The lowest BCUT2D eigenvalue weighted by molar-refractivity contribution is 0.112. The molecule has 0 fully saturated rings. The number of hydrogen-bond acceptors (Lipinski definition) is 4. The lowest BCUT2D eigenvalue weighted by Crippen LogP contribution is -2.36. The number of nitrogens with two attached hydrogens (primary N) is 1. The van der Waals surface area contributed by atoms with Crippen molar-refractivity contribution in [1.29, 1.82) is 0 Å². The van der Waals surface area contributed by atoms with Crippen LogP contribution >= 0.6 is 11.8 Å². The maximum absolute atomic E-state index is 12.1. The van der Waals surface area contributed by atoms with Crippen LogP contribution in [0, 0.1) is 0 Å². The maximum atomic E-state index is 12.1. The van der Waals surface area contributed by atoms with Gasteiger partial charge in [0.2, 0.25) is 0 Å². The van der Waals surface area contributed by atoms with Gasteiger partial charge in [-0.15, -0.1) is 11.8 Å². The number of rotatable bonds is 14. The first-order chi connectivity index (χ1) is 16.1. The van der Waals surface area contributed by atoms with Crippen LogP contribution in [-0.4, -0.2) is 29.7 Å². The molecule has 4 heteroatoms. The number of aliphatic hydroxyl groups is 1. The van der Waals surface area contributed by atoms with E-state index in [0.717, 1.165) is 45.2 Å². The van der Waals surface area contributed by atoms with E-state index in [1.165, 1.54) is 16.7 Å². The largest absolute Gasteiger partial charge is 0.379 e. The zero-order chi connectivity index (χ0) is 23.4. The number of hydrogen-bond donors (Lipinski definition) is 3.